The van der Waals surface area contributed by atoms with E-state index in [0.29, 0.717) is 17.4 Å². The van der Waals surface area contributed by atoms with Gasteiger partial charge in [0.1, 0.15) is 13.2 Å². The number of allylic oxidation sites excluding steroid dienone is 7. The van der Waals surface area contributed by atoms with E-state index < -0.39 is 20.0 Å². The van der Waals surface area contributed by atoms with Gasteiger partial charge in [-0.05, 0) is 57.8 Å². The van der Waals surface area contributed by atoms with Crippen molar-refractivity contribution in [3.8, 4) is 0 Å². The van der Waals surface area contributed by atoms with Gasteiger partial charge >= 0.3 is 0 Å². The molecule has 0 aliphatic heterocycles. The van der Waals surface area contributed by atoms with Gasteiger partial charge in [-0.25, -0.2) is 0 Å². The second-order valence-corrected chi connectivity index (χ2v) is 18.2. The summed E-state index contributed by atoms with van der Waals surface area (Å²) in [5, 5.41) is 13.7. The number of nitrogens with zero attached hydrogens (tertiary/aromatic N) is 1. The summed E-state index contributed by atoms with van der Waals surface area (Å²) in [6, 6.07) is -0.887. The zero-order valence-electron chi connectivity index (χ0n) is 37.1. The number of carbonyl (C=O) groups excluding carboxylic acids is 1. The third-order valence-electron chi connectivity index (χ3n) is 10.0. The van der Waals surface area contributed by atoms with Crippen molar-refractivity contribution in [1.82, 2.24) is 5.32 Å². The lowest BCUT2D eigenvalue weighted by Gasteiger charge is -2.29. The lowest BCUT2D eigenvalue weighted by atomic mass is 10.0. The molecule has 2 N–H and O–H groups in total. The molecule has 0 aromatic rings. The molecule has 0 aliphatic rings. The molecule has 328 valence electrons. The van der Waals surface area contributed by atoms with E-state index in [1.165, 1.54) is 122 Å². The Kier molecular flexibility index (Phi) is 37.9. The van der Waals surface area contributed by atoms with Crippen molar-refractivity contribution in [1.29, 1.82) is 0 Å². The molecule has 1 amide bonds. The number of unbranched alkanes of at least 4 members (excludes halogenated alkanes) is 22. The first kappa shape index (κ1) is 54.5. The zero-order valence-corrected chi connectivity index (χ0v) is 38.0. The van der Waals surface area contributed by atoms with Crippen LogP contribution in [-0.4, -0.2) is 68.5 Å². The molecular formula is C47H89N2O6P. The van der Waals surface area contributed by atoms with E-state index in [2.05, 4.69) is 55.6 Å². The number of rotatable bonds is 41. The molecule has 0 bridgehead atoms. The van der Waals surface area contributed by atoms with E-state index in [1.807, 2.05) is 27.2 Å². The van der Waals surface area contributed by atoms with Gasteiger partial charge in [0.05, 0.1) is 39.9 Å². The Morgan fingerprint density at radius 1 is 0.625 bits per heavy atom. The van der Waals surface area contributed by atoms with Gasteiger partial charge in [0, 0.05) is 6.42 Å². The van der Waals surface area contributed by atoms with Crippen LogP contribution < -0.4 is 10.2 Å². The van der Waals surface area contributed by atoms with Gasteiger partial charge in [-0.2, -0.15) is 0 Å². The lowest BCUT2D eigenvalue weighted by Crippen LogP contribution is -2.45. The van der Waals surface area contributed by atoms with Crippen molar-refractivity contribution >= 4 is 13.7 Å². The van der Waals surface area contributed by atoms with E-state index in [0.717, 1.165) is 51.4 Å². The summed E-state index contributed by atoms with van der Waals surface area (Å²) in [6.45, 7) is 4.59. The average molecular weight is 809 g/mol. The summed E-state index contributed by atoms with van der Waals surface area (Å²) in [6.07, 6.45) is 48.8. The number of aliphatic hydroxyl groups excluding tert-OH is 1. The van der Waals surface area contributed by atoms with E-state index in [9.17, 15) is 19.4 Å². The van der Waals surface area contributed by atoms with Crippen LogP contribution in [0.1, 0.15) is 194 Å². The van der Waals surface area contributed by atoms with Crippen LogP contribution >= 0.6 is 7.82 Å². The molecular weight excluding hydrogens is 719 g/mol. The first-order valence-corrected chi connectivity index (χ1v) is 24.5. The highest BCUT2D eigenvalue weighted by atomic mass is 31.2. The van der Waals surface area contributed by atoms with Gasteiger partial charge in [0.2, 0.25) is 5.91 Å². The Morgan fingerprint density at radius 2 is 1.04 bits per heavy atom. The molecule has 0 aromatic carbocycles. The number of carbonyl (C=O) groups is 1. The number of phosphoric ester groups is 1. The molecule has 0 aromatic heterocycles. The molecule has 3 atom stereocenters. The molecule has 0 heterocycles. The highest BCUT2D eigenvalue weighted by Gasteiger charge is 2.23. The maximum absolute atomic E-state index is 12.8. The molecule has 0 fully saturated rings. The summed E-state index contributed by atoms with van der Waals surface area (Å²) in [7, 11) is 1.25. The number of amides is 1. The first-order valence-electron chi connectivity index (χ1n) is 23.0. The summed E-state index contributed by atoms with van der Waals surface area (Å²) in [5.74, 6) is -0.206. The maximum atomic E-state index is 12.8. The van der Waals surface area contributed by atoms with Crippen molar-refractivity contribution in [2.75, 3.05) is 40.9 Å². The average Bonchev–Trinajstić information content (AvgIpc) is 3.15. The van der Waals surface area contributed by atoms with Crippen molar-refractivity contribution in [2.24, 2.45) is 0 Å². The van der Waals surface area contributed by atoms with Crippen LogP contribution in [0.15, 0.2) is 48.6 Å². The predicted molar refractivity (Wildman–Crippen MR) is 238 cm³/mol. The number of aliphatic hydroxyl groups is 1. The molecule has 9 heteroatoms. The van der Waals surface area contributed by atoms with Gasteiger partial charge < -0.3 is 28.8 Å². The maximum Gasteiger partial charge on any atom is 0.268 e. The molecule has 8 nitrogen and oxygen atoms in total. The van der Waals surface area contributed by atoms with E-state index in [4.69, 9.17) is 9.05 Å². The van der Waals surface area contributed by atoms with Gasteiger partial charge in [-0.3, -0.25) is 9.36 Å². The van der Waals surface area contributed by atoms with E-state index >= 15 is 0 Å². The lowest BCUT2D eigenvalue weighted by molar-refractivity contribution is -0.870. The van der Waals surface area contributed by atoms with E-state index in [-0.39, 0.29) is 19.1 Å². The molecule has 0 saturated heterocycles. The smallest absolute Gasteiger partial charge is 0.268 e. The summed E-state index contributed by atoms with van der Waals surface area (Å²) in [5.41, 5.74) is 0. The normalized spacial score (nSPS) is 14.8. The summed E-state index contributed by atoms with van der Waals surface area (Å²) < 4.78 is 23.1. The third kappa shape index (κ3) is 40.6. The van der Waals surface area contributed by atoms with Gasteiger partial charge in [-0.15, -0.1) is 0 Å². The van der Waals surface area contributed by atoms with Crippen LogP contribution in [0, 0.1) is 0 Å². The van der Waals surface area contributed by atoms with Crippen molar-refractivity contribution in [3.63, 3.8) is 0 Å². The Hall–Kier alpha value is -1.54. The van der Waals surface area contributed by atoms with Crippen LogP contribution in [0.3, 0.4) is 0 Å². The highest BCUT2D eigenvalue weighted by molar-refractivity contribution is 7.45. The molecule has 0 rings (SSSR count). The van der Waals surface area contributed by atoms with Gasteiger partial charge in [0.25, 0.3) is 7.82 Å². The quantitative estimate of drug-likeness (QED) is 0.0276. The fraction of sp³-hybridized carbons (Fsp3) is 0.809. The number of quaternary nitrogens is 1. The Bertz CT molecular complexity index is 1050. The van der Waals surface area contributed by atoms with Crippen LogP contribution in [0.2, 0.25) is 0 Å². The largest absolute Gasteiger partial charge is 0.756 e. The monoisotopic (exact) mass is 809 g/mol. The zero-order chi connectivity index (χ0) is 41.4. The van der Waals surface area contributed by atoms with Crippen molar-refractivity contribution in [3.05, 3.63) is 48.6 Å². The standard InChI is InChI=1S/C47H89N2O6P/c1-6-8-10-12-14-16-17-18-19-20-21-22-23-24-25-26-27-28-29-30-31-33-35-37-39-41-47(51)48-45(44-55-56(52,53)54-43-42-49(3,4)5)46(50)40-38-36-34-32-15-13-11-9-7-2/h17-18,20-21,23-24,38,40,45-46,50H,6-16,19,22,25-37,39,41-44H2,1-5H3,(H-,48,51,52,53)/b18-17-,21-20-,24-23-,40-38+. The minimum Gasteiger partial charge on any atom is -0.756 e. The number of nitrogens with one attached hydrogen (secondary N) is 1. The fourth-order valence-electron chi connectivity index (χ4n) is 6.33. The molecule has 0 saturated carbocycles. The number of likely N-dealkylation sites (N-methyl/N-ethyl adjacent to an activating group) is 1. The molecule has 0 radical (unpaired) electrons. The Morgan fingerprint density at radius 3 is 1.50 bits per heavy atom. The fourth-order valence-corrected chi connectivity index (χ4v) is 7.06. The highest BCUT2D eigenvalue weighted by Crippen LogP contribution is 2.38. The van der Waals surface area contributed by atoms with Gasteiger partial charge in [0.15, 0.2) is 0 Å². The molecule has 3 unspecified atom stereocenters. The van der Waals surface area contributed by atoms with Crippen molar-refractivity contribution < 1.29 is 32.9 Å². The summed E-state index contributed by atoms with van der Waals surface area (Å²) in [4.78, 5) is 25.2. The second kappa shape index (κ2) is 38.9. The Balaban J connectivity index is 4.20. The van der Waals surface area contributed by atoms with Crippen LogP contribution in [0.4, 0.5) is 0 Å². The topological polar surface area (TPSA) is 108 Å². The number of phosphoric acid groups is 1. The molecule has 0 aliphatic carbocycles. The van der Waals surface area contributed by atoms with Crippen LogP contribution in [-0.2, 0) is 18.4 Å². The van der Waals surface area contributed by atoms with Gasteiger partial charge in [-0.1, -0.05) is 178 Å². The second-order valence-electron chi connectivity index (χ2n) is 16.8. The van der Waals surface area contributed by atoms with Crippen molar-refractivity contribution in [2.45, 2.75) is 206 Å². The SMILES string of the molecule is CCCCCCC/C=C\C/C=C\C/C=C\CCCCCCCCCCCCC(=O)NC(COP(=O)([O-])OCC[N+](C)(C)C)C(O)/C=C/CCCCCCCCC. The molecule has 0 spiro atoms. The minimum atomic E-state index is -4.58. The molecule has 56 heavy (non-hydrogen) atoms. The Labute approximate surface area is 346 Å². The number of hydrogen-bond donors (Lipinski definition) is 2. The summed E-state index contributed by atoms with van der Waals surface area (Å²) >= 11 is 0. The third-order valence-corrected chi connectivity index (χ3v) is 11.0. The predicted octanol–water partition coefficient (Wildman–Crippen LogP) is 12.2. The van der Waals surface area contributed by atoms with Crippen LogP contribution in [0.5, 0.6) is 0 Å². The van der Waals surface area contributed by atoms with E-state index in [1.54, 1.807) is 6.08 Å². The minimum absolute atomic E-state index is 0.00338. The number of hydrogen-bond acceptors (Lipinski definition) is 6. The van der Waals surface area contributed by atoms with Crippen LogP contribution in [0.25, 0.3) is 0 Å². The first-order chi connectivity index (χ1) is 27.0.